The molecule has 7 nitrogen and oxygen atoms in total. The molecule has 2 amide bonds. The van der Waals surface area contributed by atoms with Crippen LogP contribution in [-0.2, 0) is 14.3 Å². The smallest absolute Gasteiger partial charge is 0.407 e. The van der Waals surface area contributed by atoms with E-state index in [1.54, 1.807) is 0 Å². The number of carbonyl (C=O) groups is 3. The molecule has 3 N–H and O–H groups in total. The second-order valence-corrected chi connectivity index (χ2v) is 9.58. The number of aliphatic carboxylic acids is 1. The van der Waals surface area contributed by atoms with Crippen molar-refractivity contribution in [2.45, 2.75) is 50.9 Å². The van der Waals surface area contributed by atoms with Gasteiger partial charge in [-0.3, -0.25) is 9.59 Å². The number of ether oxygens (including phenoxy) is 1. The topological polar surface area (TPSA) is 105 Å². The van der Waals surface area contributed by atoms with Crippen molar-refractivity contribution in [2.24, 2.45) is 11.8 Å². The molecule has 0 radical (unpaired) electrons. The first kappa shape index (κ1) is 24.8. The molecule has 1 saturated carbocycles. The third-order valence-corrected chi connectivity index (χ3v) is 7.17. The predicted molar refractivity (Wildman–Crippen MR) is 133 cm³/mol. The molecular weight excluding hydrogens is 444 g/mol. The van der Waals surface area contributed by atoms with Gasteiger partial charge in [-0.15, -0.1) is 0 Å². The fraction of sp³-hybridized carbons (Fsp3) is 0.464. The van der Waals surface area contributed by atoms with E-state index in [4.69, 9.17) is 9.84 Å². The van der Waals surface area contributed by atoms with Crippen molar-refractivity contribution in [2.75, 3.05) is 19.7 Å². The van der Waals surface area contributed by atoms with Crippen LogP contribution in [0.3, 0.4) is 0 Å². The van der Waals surface area contributed by atoms with Gasteiger partial charge < -0.3 is 20.5 Å². The molecule has 0 aliphatic heterocycles. The number of hydrogen-bond donors (Lipinski definition) is 3. The summed E-state index contributed by atoms with van der Waals surface area (Å²) in [5.41, 5.74) is 4.66. The van der Waals surface area contributed by atoms with Gasteiger partial charge in [0.15, 0.2) is 0 Å². The predicted octanol–water partition coefficient (Wildman–Crippen LogP) is 4.70. The highest BCUT2D eigenvalue weighted by molar-refractivity contribution is 5.80. The maximum Gasteiger partial charge on any atom is 0.407 e. The Morgan fingerprint density at radius 3 is 2.20 bits per heavy atom. The summed E-state index contributed by atoms with van der Waals surface area (Å²) in [5.74, 6) is -0.905. The van der Waals surface area contributed by atoms with E-state index in [1.807, 2.05) is 24.3 Å². The van der Waals surface area contributed by atoms with Crippen LogP contribution in [0.1, 0.15) is 62.0 Å². The van der Waals surface area contributed by atoms with Gasteiger partial charge in [-0.1, -0.05) is 74.2 Å². The molecule has 186 valence electrons. The Balaban J connectivity index is 1.31. The van der Waals surface area contributed by atoms with Crippen molar-refractivity contribution >= 4 is 18.0 Å². The van der Waals surface area contributed by atoms with Gasteiger partial charge in [0.25, 0.3) is 0 Å². The largest absolute Gasteiger partial charge is 0.481 e. The minimum absolute atomic E-state index is 0.0139. The van der Waals surface area contributed by atoms with Gasteiger partial charge in [0, 0.05) is 25.4 Å². The summed E-state index contributed by atoms with van der Waals surface area (Å²) in [6.07, 6.45) is 5.16. The van der Waals surface area contributed by atoms with Crippen LogP contribution in [0.4, 0.5) is 4.79 Å². The normalized spacial score (nSPS) is 15.8. The third kappa shape index (κ3) is 6.41. The van der Waals surface area contributed by atoms with Crippen LogP contribution in [0, 0.1) is 11.8 Å². The summed E-state index contributed by atoms with van der Waals surface area (Å²) < 4.78 is 5.62. The molecular formula is C28H34N2O5. The number of amides is 2. The monoisotopic (exact) mass is 478 g/mol. The lowest BCUT2D eigenvalue weighted by Crippen LogP contribution is -2.40. The number of carboxylic acid groups (broad SMARTS) is 1. The molecule has 1 fully saturated rings. The van der Waals surface area contributed by atoms with Crippen molar-refractivity contribution in [1.29, 1.82) is 0 Å². The summed E-state index contributed by atoms with van der Waals surface area (Å²) in [4.78, 5) is 36.1. The first-order valence-corrected chi connectivity index (χ1v) is 12.6. The number of rotatable bonds is 11. The lowest BCUT2D eigenvalue weighted by molar-refractivity contribution is -0.137. The minimum atomic E-state index is -0.876. The molecule has 0 aromatic heterocycles. The Morgan fingerprint density at radius 2 is 1.57 bits per heavy atom. The third-order valence-electron chi connectivity index (χ3n) is 7.17. The van der Waals surface area contributed by atoms with E-state index in [-0.39, 0.29) is 37.3 Å². The summed E-state index contributed by atoms with van der Waals surface area (Å²) >= 11 is 0. The van der Waals surface area contributed by atoms with Crippen LogP contribution in [0.2, 0.25) is 0 Å². The first-order valence-electron chi connectivity index (χ1n) is 12.6. The second kappa shape index (κ2) is 11.9. The average Bonchev–Trinajstić information content (AvgIpc) is 3.49. The highest BCUT2D eigenvalue weighted by Gasteiger charge is 2.30. The summed E-state index contributed by atoms with van der Waals surface area (Å²) in [5, 5.41) is 14.4. The van der Waals surface area contributed by atoms with E-state index in [2.05, 4.69) is 34.9 Å². The zero-order chi connectivity index (χ0) is 24.6. The molecule has 2 aliphatic rings. The van der Waals surface area contributed by atoms with E-state index in [1.165, 1.54) is 24.0 Å². The minimum Gasteiger partial charge on any atom is -0.481 e. The van der Waals surface area contributed by atoms with E-state index in [9.17, 15) is 14.4 Å². The number of alkyl carbamates (subject to hydrolysis) is 1. The molecule has 0 spiro atoms. The molecule has 1 atom stereocenters. The molecule has 2 aromatic rings. The molecule has 0 saturated heterocycles. The van der Waals surface area contributed by atoms with Gasteiger partial charge in [0.05, 0.1) is 5.92 Å². The molecule has 0 bridgehead atoms. The lowest BCUT2D eigenvalue weighted by Gasteiger charge is -2.21. The maximum atomic E-state index is 12.8. The number of benzene rings is 2. The van der Waals surface area contributed by atoms with Gasteiger partial charge >= 0.3 is 12.1 Å². The SMILES string of the molecule is O=C(O)CCCNC(=O)C(CNC(=O)OCC1c2ccccc2-c2ccccc21)CC1CCCC1. The van der Waals surface area contributed by atoms with Crippen LogP contribution >= 0.6 is 0 Å². The van der Waals surface area contributed by atoms with Crippen LogP contribution < -0.4 is 10.6 Å². The Morgan fingerprint density at radius 1 is 0.943 bits per heavy atom. The summed E-state index contributed by atoms with van der Waals surface area (Å²) in [6, 6.07) is 16.4. The van der Waals surface area contributed by atoms with Gasteiger partial charge in [-0.25, -0.2) is 4.79 Å². The maximum absolute atomic E-state index is 12.8. The standard InChI is InChI=1S/C28H34N2O5/c31-26(32)14-7-15-29-27(33)20(16-19-8-1-2-9-19)17-30-28(34)35-18-25-23-12-5-3-10-21(23)22-11-4-6-13-24(22)25/h3-6,10-13,19-20,25H,1-2,7-9,14-18H2,(H,29,33)(H,30,34)(H,31,32). The number of hydrogen-bond acceptors (Lipinski definition) is 4. The van der Waals surface area contributed by atoms with Crippen LogP contribution in [0.5, 0.6) is 0 Å². The highest BCUT2D eigenvalue weighted by atomic mass is 16.5. The van der Waals surface area contributed by atoms with Crippen molar-refractivity contribution in [1.82, 2.24) is 10.6 Å². The molecule has 2 aliphatic carbocycles. The van der Waals surface area contributed by atoms with Gasteiger partial charge in [-0.2, -0.15) is 0 Å². The Bertz CT molecular complexity index is 1000. The molecule has 7 heteroatoms. The van der Waals surface area contributed by atoms with E-state index in [0.29, 0.717) is 25.3 Å². The number of carbonyl (C=O) groups excluding carboxylic acids is 2. The Hall–Kier alpha value is -3.35. The zero-order valence-electron chi connectivity index (χ0n) is 20.0. The van der Waals surface area contributed by atoms with Gasteiger partial charge in [0.2, 0.25) is 5.91 Å². The van der Waals surface area contributed by atoms with Crippen molar-refractivity contribution in [3.05, 3.63) is 59.7 Å². The first-order chi connectivity index (χ1) is 17.0. The molecule has 35 heavy (non-hydrogen) atoms. The summed E-state index contributed by atoms with van der Waals surface area (Å²) in [7, 11) is 0. The fourth-order valence-corrected chi connectivity index (χ4v) is 5.38. The second-order valence-electron chi connectivity index (χ2n) is 9.58. The Labute approximate surface area is 206 Å². The van der Waals surface area contributed by atoms with Crippen LogP contribution in [0.15, 0.2) is 48.5 Å². The van der Waals surface area contributed by atoms with E-state index in [0.717, 1.165) is 24.0 Å². The zero-order valence-corrected chi connectivity index (χ0v) is 20.0. The Kier molecular flexibility index (Phi) is 8.40. The number of nitrogens with one attached hydrogen (secondary N) is 2. The van der Waals surface area contributed by atoms with Gasteiger partial charge in [0.1, 0.15) is 6.61 Å². The van der Waals surface area contributed by atoms with Crippen LogP contribution in [0.25, 0.3) is 11.1 Å². The quantitative estimate of drug-likeness (QED) is 0.406. The number of carboxylic acids is 1. The van der Waals surface area contributed by atoms with Gasteiger partial charge in [-0.05, 0) is 41.0 Å². The fourth-order valence-electron chi connectivity index (χ4n) is 5.38. The van der Waals surface area contributed by atoms with E-state index >= 15 is 0 Å². The molecule has 0 heterocycles. The van der Waals surface area contributed by atoms with Crippen molar-refractivity contribution < 1.29 is 24.2 Å². The number of fused-ring (bicyclic) bond motifs is 3. The molecule has 1 unspecified atom stereocenters. The van der Waals surface area contributed by atoms with E-state index < -0.39 is 12.1 Å². The summed E-state index contributed by atoms with van der Waals surface area (Å²) in [6.45, 7) is 0.754. The highest BCUT2D eigenvalue weighted by Crippen LogP contribution is 2.44. The van der Waals surface area contributed by atoms with Crippen molar-refractivity contribution in [3.63, 3.8) is 0 Å². The lowest BCUT2D eigenvalue weighted by atomic mass is 9.92. The van der Waals surface area contributed by atoms with Crippen LogP contribution in [-0.4, -0.2) is 42.8 Å². The average molecular weight is 479 g/mol. The molecule has 2 aromatic carbocycles. The molecule has 4 rings (SSSR count). The van der Waals surface area contributed by atoms with Crippen molar-refractivity contribution in [3.8, 4) is 11.1 Å².